The zero-order valence-corrected chi connectivity index (χ0v) is 16.0. The Morgan fingerprint density at radius 2 is 1.32 bits per heavy atom. The molecular weight excluding hydrogens is 343 g/mol. The number of aryl methyl sites for hydroxylation is 1. The van der Waals surface area contributed by atoms with E-state index in [2.05, 4.69) is 31.0 Å². The number of hydrogen-bond donors (Lipinski definition) is 0. The average molecular weight is 373 g/mol. The van der Waals surface area contributed by atoms with Crippen molar-refractivity contribution in [1.82, 2.24) is 10.2 Å². The molecule has 0 aromatic carbocycles. The summed E-state index contributed by atoms with van der Waals surface area (Å²) in [6, 6.07) is 0. The second kappa shape index (κ2) is 8.98. The van der Waals surface area contributed by atoms with Crippen molar-refractivity contribution in [2.75, 3.05) is 0 Å². The monoisotopic (exact) mass is 374 g/mol. The zero-order valence-electron chi connectivity index (χ0n) is 13.2. The summed E-state index contributed by atoms with van der Waals surface area (Å²) >= 11 is -2.42. The standard InChI is InChI=1S/3C4H9.C3H3N2O.Sn/c3*1-3-4-2;1-3-5-4-2-6-3;/h3*1,3-4H2,2H3;1H3;. The SMILES string of the molecule is CCC[CH2][Sn]([CH2]CCC)([CH2]CCC)[c]1nnc(C)o1. The van der Waals surface area contributed by atoms with Crippen LogP contribution < -0.4 is 3.91 Å². The first kappa shape index (κ1) is 17.0. The van der Waals surface area contributed by atoms with Crippen molar-refractivity contribution in [1.29, 1.82) is 0 Å². The van der Waals surface area contributed by atoms with E-state index >= 15 is 0 Å². The molecule has 0 radical (unpaired) electrons. The second-order valence-electron chi connectivity index (χ2n) is 5.72. The van der Waals surface area contributed by atoms with Crippen LogP contribution in [0.4, 0.5) is 0 Å². The summed E-state index contributed by atoms with van der Waals surface area (Å²) in [6.45, 7) is 8.78. The van der Waals surface area contributed by atoms with Gasteiger partial charge in [0.15, 0.2) is 0 Å². The van der Waals surface area contributed by atoms with E-state index in [9.17, 15) is 0 Å². The molecule has 0 N–H and O–H groups in total. The molecule has 1 heterocycles. The topological polar surface area (TPSA) is 38.9 Å². The molecule has 1 aromatic rings. The van der Waals surface area contributed by atoms with E-state index in [1.807, 2.05) is 6.92 Å². The van der Waals surface area contributed by atoms with E-state index in [1.54, 1.807) is 0 Å². The van der Waals surface area contributed by atoms with Gasteiger partial charge in [0.25, 0.3) is 0 Å². The molecule has 3 nitrogen and oxygen atoms in total. The van der Waals surface area contributed by atoms with E-state index < -0.39 is 18.4 Å². The fraction of sp³-hybridized carbons (Fsp3) is 0.867. The quantitative estimate of drug-likeness (QED) is 0.570. The van der Waals surface area contributed by atoms with Crippen LogP contribution in [0.5, 0.6) is 0 Å². The summed E-state index contributed by atoms with van der Waals surface area (Å²) < 4.78 is 11.2. The Balaban J connectivity index is 2.93. The first-order valence-electron chi connectivity index (χ1n) is 7.99. The summed E-state index contributed by atoms with van der Waals surface area (Å²) in [7, 11) is 0. The van der Waals surface area contributed by atoms with Crippen LogP contribution in [0.2, 0.25) is 13.3 Å². The normalized spacial score (nSPS) is 12.0. The predicted octanol–water partition coefficient (Wildman–Crippen LogP) is 4.43. The third-order valence-corrected chi connectivity index (χ3v) is 18.4. The van der Waals surface area contributed by atoms with Crippen molar-refractivity contribution in [3.8, 4) is 0 Å². The number of hydrogen-bond acceptors (Lipinski definition) is 3. The molecule has 0 aliphatic heterocycles. The van der Waals surface area contributed by atoms with Crippen LogP contribution in [-0.2, 0) is 0 Å². The number of aromatic nitrogens is 2. The maximum absolute atomic E-state index is 5.91. The molecule has 0 saturated carbocycles. The van der Waals surface area contributed by atoms with Crippen molar-refractivity contribution in [3.05, 3.63) is 5.89 Å². The average Bonchev–Trinajstić information content (AvgIpc) is 2.85. The molecule has 0 aliphatic rings. The number of nitrogens with zero attached hydrogens (tertiary/aromatic N) is 2. The van der Waals surface area contributed by atoms with Gasteiger partial charge in [-0.05, 0) is 0 Å². The molecule has 110 valence electrons. The van der Waals surface area contributed by atoms with Crippen LogP contribution in [0.25, 0.3) is 0 Å². The first-order valence-corrected chi connectivity index (χ1v) is 15.5. The fourth-order valence-corrected chi connectivity index (χ4v) is 17.3. The summed E-state index contributed by atoms with van der Waals surface area (Å²) in [5, 5.41) is 8.57. The Bertz CT molecular complexity index is 330. The van der Waals surface area contributed by atoms with E-state index in [4.69, 9.17) is 4.42 Å². The van der Waals surface area contributed by atoms with Gasteiger partial charge in [-0.1, -0.05) is 0 Å². The van der Waals surface area contributed by atoms with Gasteiger partial charge in [-0.15, -0.1) is 0 Å². The molecule has 0 amide bonds. The number of rotatable bonds is 10. The van der Waals surface area contributed by atoms with Gasteiger partial charge in [0.2, 0.25) is 0 Å². The maximum atomic E-state index is 5.91. The van der Waals surface area contributed by atoms with E-state index in [0.717, 1.165) is 9.80 Å². The van der Waals surface area contributed by atoms with Crippen molar-refractivity contribution in [2.24, 2.45) is 0 Å². The van der Waals surface area contributed by atoms with Gasteiger partial charge >= 0.3 is 122 Å². The molecule has 0 atom stereocenters. The van der Waals surface area contributed by atoms with E-state index in [0.29, 0.717) is 0 Å². The molecule has 0 aliphatic carbocycles. The molecule has 4 heteroatoms. The Kier molecular flexibility index (Phi) is 8.03. The second-order valence-corrected chi connectivity index (χ2v) is 18.5. The molecule has 0 unspecified atom stereocenters. The van der Waals surface area contributed by atoms with Gasteiger partial charge in [-0.3, -0.25) is 0 Å². The molecule has 1 rings (SSSR count). The van der Waals surface area contributed by atoms with Crippen molar-refractivity contribution >= 4 is 22.3 Å². The number of unbranched alkanes of at least 4 members (excludes halogenated alkanes) is 3. The van der Waals surface area contributed by atoms with Crippen LogP contribution in [-0.4, -0.2) is 28.6 Å². The molecule has 0 spiro atoms. The van der Waals surface area contributed by atoms with Crippen LogP contribution in [0.1, 0.15) is 65.2 Å². The minimum atomic E-state index is -2.42. The van der Waals surface area contributed by atoms with Gasteiger partial charge < -0.3 is 0 Å². The van der Waals surface area contributed by atoms with Gasteiger partial charge in [0.1, 0.15) is 0 Å². The van der Waals surface area contributed by atoms with Crippen molar-refractivity contribution in [3.63, 3.8) is 0 Å². The first-order chi connectivity index (χ1) is 9.18. The molecular formula is C15H30N2OSn. The Labute approximate surface area is 122 Å². The van der Waals surface area contributed by atoms with Crippen molar-refractivity contribution in [2.45, 2.75) is 79.5 Å². The molecule has 0 bridgehead atoms. The summed E-state index contributed by atoms with van der Waals surface area (Å²) in [4.78, 5) is 0. The summed E-state index contributed by atoms with van der Waals surface area (Å²) in [6.07, 6.45) is 7.86. The van der Waals surface area contributed by atoms with Gasteiger partial charge in [-0.2, -0.15) is 0 Å². The molecule has 0 fully saturated rings. The summed E-state index contributed by atoms with van der Waals surface area (Å²) in [5.41, 5.74) is 0. The van der Waals surface area contributed by atoms with E-state index in [1.165, 1.54) is 51.8 Å². The zero-order chi connectivity index (χ0) is 14.1. The van der Waals surface area contributed by atoms with Crippen LogP contribution in [0.3, 0.4) is 0 Å². The Morgan fingerprint density at radius 3 is 1.63 bits per heavy atom. The molecule has 0 saturated heterocycles. The Hall–Kier alpha value is -0.0613. The van der Waals surface area contributed by atoms with Crippen LogP contribution in [0, 0.1) is 6.92 Å². The van der Waals surface area contributed by atoms with Gasteiger partial charge in [-0.25, -0.2) is 0 Å². The summed E-state index contributed by atoms with van der Waals surface area (Å²) in [5.74, 6) is 0.751. The Morgan fingerprint density at radius 1 is 0.842 bits per heavy atom. The van der Waals surface area contributed by atoms with E-state index in [-0.39, 0.29) is 0 Å². The minimum absolute atomic E-state index is 0.751. The third-order valence-electron chi connectivity index (χ3n) is 4.01. The van der Waals surface area contributed by atoms with Crippen LogP contribution >= 0.6 is 0 Å². The molecule has 1 aromatic heterocycles. The molecule has 19 heavy (non-hydrogen) atoms. The van der Waals surface area contributed by atoms with Crippen molar-refractivity contribution < 1.29 is 4.42 Å². The predicted molar refractivity (Wildman–Crippen MR) is 83.6 cm³/mol. The van der Waals surface area contributed by atoms with Crippen LogP contribution in [0.15, 0.2) is 4.42 Å². The van der Waals surface area contributed by atoms with Gasteiger partial charge in [0, 0.05) is 0 Å². The van der Waals surface area contributed by atoms with Gasteiger partial charge in [0.05, 0.1) is 0 Å². The fourth-order valence-electron chi connectivity index (χ4n) is 2.75. The third kappa shape index (κ3) is 5.08.